The Morgan fingerprint density at radius 3 is 2.77 bits per heavy atom. The van der Waals surface area contributed by atoms with Gasteiger partial charge >= 0.3 is 0 Å². The van der Waals surface area contributed by atoms with Gasteiger partial charge in [-0.05, 0) is 24.1 Å². The molecule has 1 amide bonds. The second-order valence-electron chi connectivity index (χ2n) is 6.00. The Bertz CT molecular complexity index is 872. The molecule has 0 aliphatic heterocycles. The van der Waals surface area contributed by atoms with Gasteiger partial charge in [0.1, 0.15) is 0 Å². The van der Waals surface area contributed by atoms with E-state index in [1.54, 1.807) is 32.5 Å². The third-order valence-corrected chi connectivity index (χ3v) is 4.26. The fourth-order valence-corrected chi connectivity index (χ4v) is 2.94. The third-order valence-electron chi connectivity index (χ3n) is 4.26. The Morgan fingerprint density at radius 1 is 1.19 bits per heavy atom. The van der Waals surface area contributed by atoms with Crippen LogP contribution in [0.4, 0.5) is 5.69 Å². The number of methoxy groups -OCH3 is 2. The summed E-state index contributed by atoms with van der Waals surface area (Å²) in [6.45, 7) is 1.45. The van der Waals surface area contributed by atoms with E-state index in [4.69, 9.17) is 9.47 Å². The molecule has 0 aliphatic rings. The Hall–Kier alpha value is -2.86. The number of aryl methyl sites for hydroxylation is 1. The molecule has 0 atom stereocenters. The van der Waals surface area contributed by atoms with Crippen molar-refractivity contribution in [1.29, 1.82) is 0 Å². The number of hydrogen-bond donors (Lipinski definition) is 1. The van der Waals surface area contributed by atoms with Gasteiger partial charge in [-0.2, -0.15) is 0 Å². The van der Waals surface area contributed by atoms with Gasteiger partial charge in [0.15, 0.2) is 0 Å². The summed E-state index contributed by atoms with van der Waals surface area (Å²) < 4.78 is 12.4. The minimum absolute atomic E-state index is 0.0364. The number of carbonyl (C=O) groups is 1. The van der Waals surface area contributed by atoms with Crippen LogP contribution in [0.15, 0.2) is 48.8 Å². The first-order valence-electron chi connectivity index (χ1n) is 8.57. The largest absolute Gasteiger partial charge is 0.481 e. The van der Waals surface area contributed by atoms with Gasteiger partial charge in [0.2, 0.25) is 11.8 Å². The van der Waals surface area contributed by atoms with Crippen molar-refractivity contribution in [3.63, 3.8) is 0 Å². The molecule has 0 unspecified atom stereocenters. The molecule has 6 nitrogen and oxygen atoms in total. The lowest BCUT2D eigenvalue weighted by atomic mass is 10.1. The minimum Gasteiger partial charge on any atom is -0.481 e. The van der Waals surface area contributed by atoms with E-state index in [0.29, 0.717) is 31.0 Å². The summed E-state index contributed by atoms with van der Waals surface area (Å²) in [5.41, 5.74) is 3.00. The number of ether oxygens (including phenoxy) is 2. The number of fused-ring (bicyclic) bond motifs is 1. The summed E-state index contributed by atoms with van der Waals surface area (Å²) >= 11 is 0. The first kappa shape index (κ1) is 17.9. The minimum atomic E-state index is -0.0364. The van der Waals surface area contributed by atoms with Crippen LogP contribution >= 0.6 is 0 Å². The number of rotatable bonds is 8. The summed E-state index contributed by atoms with van der Waals surface area (Å²) in [6, 6.07) is 11.7. The van der Waals surface area contributed by atoms with Gasteiger partial charge in [-0.15, -0.1) is 0 Å². The SMILES string of the molecule is COCCn1cc(CCC(=O)Nc2ccc(OC)nc2)c2ccccc21. The smallest absolute Gasteiger partial charge is 0.224 e. The number of nitrogens with one attached hydrogen (secondary N) is 1. The molecule has 0 radical (unpaired) electrons. The number of pyridine rings is 1. The van der Waals surface area contributed by atoms with Gasteiger partial charge in [-0.3, -0.25) is 4.79 Å². The fourth-order valence-electron chi connectivity index (χ4n) is 2.94. The van der Waals surface area contributed by atoms with Crippen molar-refractivity contribution in [2.24, 2.45) is 0 Å². The predicted molar refractivity (Wildman–Crippen MR) is 102 cm³/mol. The number of nitrogens with zero attached hydrogens (tertiary/aromatic N) is 2. The molecule has 0 fully saturated rings. The Labute approximate surface area is 152 Å². The lowest BCUT2D eigenvalue weighted by molar-refractivity contribution is -0.116. The molecule has 1 aromatic carbocycles. The van der Waals surface area contributed by atoms with Crippen LogP contribution in [0.1, 0.15) is 12.0 Å². The number of para-hydroxylation sites is 1. The van der Waals surface area contributed by atoms with Crippen molar-refractivity contribution < 1.29 is 14.3 Å². The number of benzene rings is 1. The zero-order valence-electron chi connectivity index (χ0n) is 15.1. The molecule has 2 aromatic heterocycles. The molecule has 3 aromatic rings. The normalized spacial score (nSPS) is 10.8. The fraction of sp³-hybridized carbons (Fsp3) is 0.300. The average Bonchev–Trinajstić information content (AvgIpc) is 3.03. The highest BCUT2D eigenvalue weighted by atomic mass is 16.5. The number of hydrogen-bond acceptors (Lipinski definition) is 4. The van der Waals surface area contributed by atoms with Crippen LogP contribution in [0.3, 0.4) is 0 Å². The maximum Gasteiger partial charge on any atom is 0.224 e. The van der Waals surface area contributed by atoms with E-state index in [1.807, 2.05) is 12.1 Å². The molecule has 0 bridgehead atoms. The van der Waals surface area contributed by atoms with E-state index in [0.717, 1.165) is 6.54 Å². The predicted octanol–water partition coefficient (Wildman–Crippen LogP) is 3.26. The van der Waals surface area contributed by atoms with E-state index < -0.39 is 0 Å². The standard InChI is InChI=1S/C20H23N3O3/c1-25-12-11-23-14-15(17-5-3-4-6-18(17)23)7-9-19(24)22-16-8-10-20(26-2)21-13-16/h3-6,8,10,13-14H,7,9,11-12H2,1-2H3,(H,22,24). The van der Waals surface area contributed by atoms with Crippen molar-refractivity contribution in [2.45, 2.75) is 19.4 Å². The average molecular weight is 353 g/mol. The van der Waals surface area contributed by atoms with Crippen molar-refractivity contribution in [3.05, 3.63) is 54.4 Å². The van der Waals surface area contributed by atoms with E-state index in [9.17, 15) is 4.79 Å². The van der Waals surface area contributed by atoms with Crippen molar-refractivity contribution in [2.75, 3.05) is 26.1 Å². The highest BCUT2D eigenvalue weighted by Gasteiger charge is 2.10. The topological polar surface area (TPSA) is 65.4 Å². The lowest BCUT2D eigenvalue weighted by Crippen LogP contribution is -2.12. The second-order valence-corrected chi connectivity index (χ2v) is 6.00. The second kappa shape index (κ2) is 8.49. The molecular formula is C20H23N3O3. The van der Waals surface area contributed by atoms with Crippen LogP contribution < -0.4 is 10.1 Å². The zero-order chi connectivity index (χ0) is 18.4. The van der Waals surface area contributed by atoms with Gasteiger partial charge in [-0.1, -0.05) is 18.2 Å². The summed E-state index contributed by atoms with van der Waals surface area (Å²) in [5.74, 6) is 0.484. The van der Waals surface area contributed by atoms with E-state index in [2.05, 4.69) is 33.2 Å². The molecule has 0 spiro atoms. The van der Waals surface area contributed by atoms with Gasteiger partial charge in [-0.25, -0.2) is 4.98 Å². The Kier molecular flexibility index (Phi) is 5.86. The molecule has 0 saturated heterocycles. The molecule has 2 heterocycles. The molecular weight excluding hydrogens is 330 g/mol. The molecule has 136 valence electrons. The molecule has 26 heavy (non-hydrogen) atoms. The first-order chi connectivity index (χ1) is 12.7. The summed E-state index contributed by atoms with van der Waals surface area (Å²) in [6.07, 6.45) is 4.79. The van der Waals surface area contributed by atoms with E-state index >= 15 is 0 Å². The zero-order valence-corrected chi connectivity index (χ0v) is 15.1. The van der Waals surface area contributed by atoms with Crippen molar-refractivity contribution >= 4 is 22.5 Å². The van der Waals surface area contributed by atoms with Crippen LogP contribution in [0, 0.1) is 0 Å². The van der Waals surface area contributed by atoms with Crippen LogP contribution in [0.2, 0.25) is 0 Å². The van der Waals surface area contributed by atoms with Crippen LogP contribution in [0.5, 0.6) is 5.88 Å². The number of amides is 1. The van der Waals surface area contributed by atoms with Gasteiger partial charge in [0.25, 0.3) is 0 Å². The van der Waals surface area contributed by atoms with Gasteiger partial charge < -0.3 is 19.4 Å². The van der Waals surface area contributed by atoms with Crippen molar-refractivity contribution in [3.8, 4) is 5.88 Å². The van der Waals surface area contributed by atoms with E-state index in [1.165, 1.54) is 16.5 Å². The maximum absolute atomic E-state index is 12.3. The summed E-state index contributed by atoms with van der Waals surface area (Å²) in [5, 5.41) is 4.05. The van der Waals surface area contributed by atoms with Crippen LogP contribution in [0.25, 0.3) is 10.9 Å². The van der Waals surface area contributed by atoms with Gasteiger partial charge in [0.05, 0.1) is 25.6 Å². The molecule has 0 aliphatic carbocycles. The number of anilines is 1. The molecule has 3 rings (SSSR count). The first-order valence-corrected chi connectivity index (χ1v) is 8.57. The quantitative estimate of drug-likeness (QED) is 0.675. The lowest BCUT2D eigenvalue weighted by Gasteiger charge is -2.05. The highest BCUT2D eigenvalue weighted by molar-refractivity contribution is 5.91. The van der Waals surface area contributed by atoms with E-state index in [-0.39, 0.29) is 5.91 Å². The maximum atomic E-state index is 12.3. The van der Waals surface area contributed by atoms with Gasteiger partial charge in [0, 0.05) is 43.2 Å². The van der Waals surface area contributed by atoms with Crippen LogP contribution in [-0.4, -0.2) is 36.3 Å². The molecule has 0 saturated carbocycles. The molecule has 6 heteroatoms. The summed E-state index contributed by atoms with van der Waals surface area (Å²) in [7, 11) is 3.26. The molecule has 1 N–H and O–H groups in total. The monoisotopic (exact) mass is 353 g/mol. The summed E-state index contributed by atoms with van der Waals surface area (Å²) in [4.78, 5) is 16.3. The Balaban J connectivity index is 1.65. The number of aromatic nitrogens is 2. The van der Waals surface area contributed by atoms with Crippen molar-refractivity contribution in [1.82, 2.24) is 9.55 Å². The Morgan fingerprint density at radius 2 is 2.04 bits per heavy atom. The highest BCUT2D eigenvalue weighted by Crippen LogP contribution is 2.23. The van der Waals surface area contributed by atoms with Crippen LogP contribution in [-0.2, 0) is 22.5 Å². The third kappa shape index (κ3) is 4.21. The number of carbonyl (C=O) groups excluding carboxylic acids is 1.